The van der Waals surface area contributed by atoms with Gasteiger partial charge in [0, 0.05) is 10.6 Å². The number of hydrogen-bond donors (Lipinski definition) is 0. The van der Waals surface area contributed by atoms with Gasteiger partial charge < -0.3 is 4.74 Å². The molecule has 0 aliphatic heterocycles. The van der Waals surface area contributed by atoms with E-state index in [4.69, 9.17) is 16.3 Å². The highest BCUT2D eigenvalue weighted by Crippen LogP contribution is 2.29. The van der Waals surface area contributed by atoms with Crippen molar-refractivity contribution in [3.8, 4) is 17.3 Å². The van der Waals surface area contributed by atoms with E-state index in [1.165, 1.54) is 13.3 Å². The number of halogens is 1. The molecular weight excluding hydrogens is 364 g/mol. The molecule has 2 aromatic carbocycles. The third-order valence-corrected chi connectivity index (χ3v) is 4.44. The number of nitrogens with zero attached hydrogens (tertiary/aromatic N) is 4. The molecule has 0 unspecified atom stereocenters. The standard InChI is InChI=1S/C20H15ClN4O2/c1-12-3-6-15(21)9-18(12)25-19-17(10-24-25)20(23-11-22-19)27-16-7-4-14(5-8-16)13(2)26/h3-11H,1-2H3. The number of ketones is 1. The van der Waals surface area contributed by atoms with Crippen LogP contribution in [0.25, 0.3) is 16.7 Å². The van der Waals surface area contributed by atoms with Crippen molar-refractivity contribution in [1.82, 2.24) is 19.7 Å². The highest BCUT2D eigenvalue weighted by Gasteiger charge is 2.14. The summed E-state index contributed by atoms with van der Waals surface area (Å²) in [6.45, 7) is 3.50. The number of carbonyl (C=O) groups is 1. The van der Waals surface area contributed by atoms with Crippen LogP contribution in [0.1, 0.15) is 22.8 Å². The molecule has 4 rings (SSSR count). The zero-order chi connectivity index (χ0) is 19.0. The highest BCUT2D eigenvalue weighted by molar-refractivity contribution is 6.30. The fraction of sp³-hybridized carbons (Fsp3) is 0.100. The second-order valence-electron chi connectivity index (χ2n) is 6.09. The Bertz CT molecular complexity index is 1150. The van der Waals surface area contributed by atoms with Crippen LogP contribution in [0.4, 0.5) is 0 Å². The van der Waals surface area contributed by atoms with Gasteiger partial charge in [0.15, 0.2) is 11.4 Å². The minimum Gasteiger partial charge on any atom is -0.438 e. The molecule has 2 aromatic heterocycles. The molecule has 0 atom stereocenters. The van der Waals surface area contributed by atoms with Crippen molar-refractivity contribution in [2.24, 2.45) is 0 Å². The van der Waals surface area contributed by atoms with Gasteiger partial charge >= 0.3 is 0 Å². The maximum Gasteiger partial charge on any atom is 0.233 e. The molecule has 27 heavy (non-hydrogen) atoms. The smallest absolute Gasteiger partial charge is 0.233 e. The van der Waals surface area contributed by atoms with Gasteiger partial charge in [-0.15, -0.1) is 0 Å². The molecule has 134 valence electrons. The van der Waals surface area contributed by atoms with Crippen LogP contribution in [-0.2, 0) is 0 Å². The minimum atomic E-state index is 0.00384. The second-order valence-corrected chi connectivity index (χ2v) is 6.52. The number of rotatable bonds is 4. The number of hydrogen-bond acceptors (Lipinski definition) is 5. The first kappa shape index (κ1) is 17.2. The average molecular weight is 379 g/mol. The van der Waals surface area contributed by atoms with E-state index in [1.807, 2.05) is 25.1 Å². The molecule has 0 fully saturated rings. The van der Waals surface area contributed by atoms with Gasteiger partial charge in [-0.1, -0.05) is 17.7 Å². The summed E-state index contributed by atoms with van der Waals surface area (Å²) in [4.78, 5) is 20.0. The van der Waals surface area contributed by atoms with Crippen molar-refractivity contribution in [3.05, 3.63) is 71.1 Å². The normalized spacial score (nSPS) is 10.9. The first-order chi connectivity index (χ1) is 13.0. The maximum atomic E-state index is 11.4. The molecule has 6 nitrogen and oxygen atoms in total. The van der Waals surface area contributed by atoms with Crippen molar-refractivity contribution in [1.29, 1.82) is 0 Å². The van der Waals surface area contributed by atoms with Crippen LogP contribution in [0.15, 0.2) is 55.0 Å². The van der Waals surface area contributed by atoms with Crippen LogP contribution in [0.5, 0.6) is 11.6 Å². The largest absolute Gasteiger partial charge is 0.438 e. The summed E-state index contributed by atoms with van der Waals surface area (Å²) in [5, 5.41) is 5.73. The summed E-state index contributed by atoms with van der Waals surface area (Å²) in [7, 11) is 0. The lowest BCUT2D eigenvalue weighted by atomic mass is 10.1. The van der Waals surface area contributed by atoms with Crippen LogP contribution < -0.4 is 4.74 Å². The van der Waals surface area contributed by atoms with E-state index in [9.17, 15) is 4.79 Å². The van der Waals surface area contributed by atoms with Crippen LogP contribution in [0, 0.1) is 6.92 Å². The van der Waals surface area contributed by atoms with E-state index in [0.29, 0.717) is 33.2 Å². The summed E-state index contributed by atoms with van der Waals surface area (Å²) < 4.78 is 7.60. The molecule has 2 heterocycles. The predicted molar refractivity (Wildman–Crippen MR) is 103 cm³/mol. The third-order valence-electron chi connectivity index (χ3n) is 4.20. The number of Topliss-reactive ketones (excluding diaryl/α,β-unsaturated/α-hetero) is 1. The SMILES string of the molecule is CC(=O)c1ccc(Oc2ncnc3c2cnn3-c2cc(Cl)ccc2C)cc1. The van der Waals surface area contributed by atoms with Crippen molar-refractivity contribution in [3.63, 3.8) is 0 Å². The van der Waals surface area contributed by atoms with Gasteiger partial charge in [0.25, 0.3) is 0 Å². The summed E-state index contributed by atoms with van der Waals surface area (Å²) in [6, 6.07) is 12.5. The fourth-order valence-electron chi connectivity index (χ4n) is 2.76. The molecule has 0 bridgehead atoms. The van der Waals surface area contributed by atoms with Gasteiger partial charge in [0.05, 0.1) is 11.9 Å². The first-order valence-electron chi connectivity index (χ1n) is 8.27. The average Bonchev–Trinajstić information content (AvgIpc) is 3.09. The van der Waals surface area contributed by atoms with Crippen LogP contribution in [0.3, 0.4) is 0 Å². The molecule has 0 radical (unpaired) electrons. The Morgan fingerprint density at radius 3 is 2.63 bits per heavy atom. The third kappa shape index (κ3) is 3.27. The fourth-order valence-corrected chi connectivity index (χ4v) is 2.93. The Kier molecular flexibility index (Phi) is 4.33. The zero-order valence-corrected chi connectivity index (χ0v) is 15.4. The lowest BCUT2D eigenvalue weighted by Crippen LogP contribution is -2.00. The topological polar surface area (TPSA) is 69.9 Å². The Morgan fingerprint density at radius 2 is 1.89 bits per heavy atom. The van der Waals surface area contributed by atoms with E-state index in [2.05, 4.69) is 15.1 Å². The number of fused-ring (bicyclic) bond motifs is 1. The van der Waals surface area contributed by atoms with E-state index in [1.54, 1.807) is 35.1 Å². The molecule has 0 amide bonds. The predicted octanol–water partition coefficient (Wildman–Crippen LogP) is 4.77. The monoisotopic (exact) mass is 378 g/mol. The summed E-state index contributed by atoms with van der Waals surface area (Å²) in [6.07, 6.45) is 3.09. The minimum absolute atomic E-state index is 0.00384. The van der Waals surface area contributed by atoms with Gasteiger partial charge in [-0.2, -0.15) is 5.10 Å². The quantitative estimate of drug-likeness (QED) is 0.478. The Morgan fingerprint density at radius 1 is 1.11 bits per heavy atom. The molecule has 0 aliphatic rings. The van der Waals surface area contributed by atoms with Gasteiger partial charge in [0.1, 0.15) is 17.5 Å². The van der Waals surface area contributed by atoms with E-state index >= 15 is 0 Å². The Balaban J connectivity index is 1.74. The Labute approximate surface area is 160 Å². The number of carbonyl (C=O) groups excluding carboxylic acids is 1. The Hall–Kier alpha value is -3.25. The van der Waals surface area contributed by atoms with Crippen molar-refractivity contribution >= 4 is 28.4 Å². The van der Waals surface area contributed by atoms with Crippen molar-refractivity contribution in [2.75, 3.05) is 0 Å². The van der Waals surface area contributed by atoms with E-state index in [0.717, 1.165) is 11.3 Å². The van der Waals surface area contributed by atoms with E-state index in [-0.39, 0.29) is 5.78 Å². The van der Waals surface area contributed by atoms with E-state index < -0.39 is 0 Å². The molecule has 0 saturated heterocycles. The van der Waals surface area contributed by atoms with Crippen molar-refractivity contribution < 1.29 is 9.53 Å². The zero-order valence-electron chi connectivity index (χ0n) is 14.7. The molecule has 4 aromatic rings. The van der Waals surface area contributed by atoms with Crippen molar-refractivity contribution in [2.45, 2.75) is 13.8 Å². The highest BCUT2D eigenvalue weighted by atomic mass is 35.5. The number of benzene rings is 2. The molecule has 7 heteroatoms. The molecule has 0 aliphatic carbocycles. The van der Waals surface area contributed by atoms with Crippen LogP contribution in [0.2, 0.25) is 5.02 Å². The molecule has 0 saturated carbocycles. The van der Waals surface area contributed by atoms with Crippen LogP contribution in [-0.4, -0.2) is 25.5 Å². The van der Waals surface area contributed by atoms with Gasteiger partial charge in [-0.05, 0) is 55.8 Å². The number of aromatic nitrogens is 4. The second kappa shape index (κ2) is 6.81. The first-order valence-corrected chi connectivity index (χ1v) is 8.65. The van der Waals surface area contributed by atoms with Gasteiger partial charge in [0.2, 0.25) is 5.88 Å². The lowest BCUT2D eigenvalue weighted by molar-refractivity contribution is 0.101. The maximum absolute atomic E-state index is 11.4. The molecule has 0 spiro atoms. The van der Waals surface area contributed by atoms with Gasteiger partial charge in [-0.3, -0.25) is 4.79 Å². The molecule has 0 N–H and O–H groups in total. The summed E-state index contributed by atoms with van der Waals surface area (Å²) >= 11 is 6.14. The number of ether oxygens (including phenoxy) is 1. The van der Waals surface area contributed by atoms with Crippen LogP contribution >= 0.6 is 11.6 Å². The van der Waals surface area contributed by atoms with Gasteiger partial charge in [-0.25, -0.2) is 14.6 Å². The summed E-state index contributed by atoms with van der Waals surface area (Å²) in [5.41, 5.74) is 3.10. The summed E-state index contributed by atoms with van der Waals surface area (Å²) in [5.74, 6) is 0.970. The number of aryl methyl sites for hydroxylation is 1. The molecular formula is C20H15ClN4O2. The lowest BCUT2D eigenvalue weighted by Gasteiger charge is -2.08.